The molecule has 1 aliphatic heterocycles. The molecule has 0 atom stereocenters. The third-order valence-electron chi connectivity index (χ3n) is 2.91. The van der Waals surface area contributed by atoms with Gasteiger partial charge in [-0.2, -0.15) is 5.10 Å². The molecule has 0 unspecified atom stereocenters. The lowest BCUT2D eigenvalue weighted by Gasteiger charge is -2.17. The van der Waals surface area contributed by atoms with Gasteiger partial charge in [0.2, 0.25) is 5.91 Å². The van der Waals surface area contributed by atoms with Crippen molar-refractivity contribution >= 4 is 17.4 Å². The molecule has 5 heteroatoms. The highest BCUT2D eigenvalue weighted by Crippen LogP contribution is 2.28. The smallest absolute Gasteiger partial charge is 0.224 e. The van der Waals surface area contributed by atoms with Crippen molar-refractivity contribution in [3.05, 3.63) is 29.8 Å². The highest BCUT2D eigenvalue weighted by molar-refractivity contribution is 5.94. The predicted octanol–water partition coefficient (Wildman–Crippen LogP) is 1.54. The zero-order valence-corrected chi connectivity index (χ0v) is 9.16. The maximum absolute atomic E-state index is 11.2. The van der Waals surface area contributed by atoms with Crippen LogP contribution in [-0.4, -0.2) is 16.1 Å². The van der Waals surface area contributed by atoms with Crippen LogP contribution in [0, 0.1) is 0 Å². The van der Waals surface area contributed by atoms with Gasteiger partial charge < -0.3 is 11.1 Å². The van der Waals surface area contributed by atoms with Gasteiger partial charge in [-0.1, -0.05) is 6.07 Å². The second kappa shape index (κ2) is 3.62. The molecule has 86 valence electrons. The fourth-order valence-corrected chi connectivity index (χ4v) is 2.04. The van der Waals surface area contributed by atoms with E-state index >= 15 is 0 Å². The van der Waals surface area contributed by atoms with Crippen LogP contribution in [0.3, 0.4) is 0 Å². The number of hydrogen-bond donors (Lipinski definition) is 3. The third kappa shape index (κ3) is 1.75. The van der Waals surface area contributed by atoms with E-state index in [0.717, 1.165) is 28.9 Å². The van der Waals surface area contributed by atoms with Crippen LogP contribution in [0.5, 0.6) is 0 Å². The monoisotopic (exact) mass is 228 g/mol. The molecule has 0 spiro atoms. The summed E-state index contributed by atoms with van der Waals surface area (Å²) in [7, 11) is 0. The summed E-state index contributed by atoms with van der Waals surface area (Å²) < 4.78 is 0. The van der Waals surface area contributed by atoms with Crippen molar-refractivity contribution in [1.29, 1.82) is 0 Å². The van der Waals surface area contributed by atoms with Gasteiger partial charge in [-0.05, 0) is 24.1 Å². The number of aryl methyl sites for hydroxylation is 1. The van der Waals surface area contributed by atoms with Crippen molar-refractivity contribution in [1.82, 2.24) is 10.2 Å². The van der Waals surface area contributed by atoms with E-state index in [1.807, 2.05) is 12.1 Å². The van der Waals surface area contributed by atoms with E-state index in [1.165, 1.54) is 0 Å². The van der Waals surface area contributed by atoms with Crippen LogP contribution in [-0.2, 0) is 11.2 Å². The molecule has 3 rings (SSSR count). The summed E-state index contributed by atoms with van der Waals surface area (Å²) in [5, 5.41) is 9.63. The van der Waals surface area contributed by atoms with E-state index in [2.05, 4.69) is 21.6 Å². The number of nitrogen functional groups attached to an aromatic ring is 1. The fourth-order valence-electron chi connectivity index (χ4n) is 2.04. The molecule has 1 aromatic heterocycles. The number of carbonyl (C=O) groups is 1. The Bertz CT molecular complexity index is 588. The summed E-state index contributed by atoms with van der Waals surface area (Å²) in [5.74, 6) is 0.557. The maximum Gasteiger partial charge on any atom is 0.224 e. The molecular weight excluding hydrogens is 216 g/mol. The highest BCUT2D eigenvalue weighted by atomic mass is 16.1. The van der Waals surface area contributed by atoms with Gasteiger partial charge in [0.25, 0.3) is 0 Å². The first kappa shape index (κ1) is 9.89. The van der Waals surface area contributed by atoms with Crippen molar-refractivity contribution in [2.24, 2.45) is 0 Å². The SMILES string of the molecule is Nc1cc(-c2ccc3c(c2)CCC(=O)N3)[nH]n1. The summed E-state index contributed by atoms with van der Waals surface area (Å²) in [6.07, 6.45) is 1.32. The molecule has 0 saturated heterocycles. The Labute approximate surface area is 98.0 Å². The first-order valence-corrected chi connectivity index (χ1v) is 5.46. The Kier molecular flexibility index (Phi) is 2.11. The minimum Gasteiger partial charge on any atom is -0.382 e. The van der Waals surface area contributed by atoms with Crippen LogP contribution in [0.2, 0.25) is 0 Å². The Morgan fingerprint density at radius 1 is 1.24 bits per heavy atom. The van der Waals surface area contributed by atoms with Crippen LogP contribution in [0.4, 0.5) is 11.5 Å². The first-order valence-electron chi connectivity index (χ1n) is 5.46. The van der Waals surface area contributed by atoms with Gasteiger partial charge in [0, 0.05) is 23.7 Å². The normalized spacial score (nSPS) is 14.2. The molecule has 4 N–H and O–H groups in total. The molecule has 0 fully saturated rings. The molecule has 0 radical (unpaired) electrons. The molecule has 5 nitrogen and oxygen atoms in total. The van der Waals surface area contributed by atoms with E-state index < -0.39 is 0 Å². The van der Waals surface area contributed by atoms with Crippen molar-refractivity contribution < 1.29 is 4.79 Å². The number of rotatable bonds is 1. The largest absolute Gasteiger partial charge is 0.382 e. The third-order valence-corrected chi connectivity index (χ3v) is 2.91. The molecule has 1 aliphatic rings. The quantitative estimate of drug-likeness (QED) is 0.692. The number of H-pyrrole nitrogens is 1. The standard InChI is InChI=1S/C12H12N4O/c13-11-6-10(15-16-11)8-1-3-9-7(5-8)2-4-12(17)14-9/h1,3,5-6H,2,4H2,(H,14,17)(H3,13,15,16). The number of benzene rings is 1. The lowest BCUT2D eigenvalue weighted by Crippen LogP contribution is -2.18. The molecule has 0 saturated carbocycles. The zero-order chi connectivity index (χ0) is 11.8. The van der Waals surface area contributed by atoms with Gasteiger partial charge in [-0.15, -0.1) is 0 Å². The second-order valence-corrected chi connectivity index (χ2v) is 4.13. The first-order chi connectivity index (χ1) is 8.22. The van der Waals surface area contributed by atoms with E-state index in [9.17, 15) is 4.79 Å². The lowest BCUT2D eigenvalue weighted by atomic mass is 9.99. The van der Waals surface area contributed by atoms with Crippen LogP contribution < -0.4 is 11.1 Å². The Morgan fingerprint density at radius 3 is 2.88 bits per heavy atom. The van der Waals surface area contributed by atoms with Crippen molar-refractivity contribution in [2.75, 3.05) is 11.1 Å². The number of nitrogens with one attached hydrogen (secondary N) is 2. The molecule has 1 amide bonds. The van der Waals surface area contributed by atoms with Gasteiger partial charge in [-0.3, -0.25) is 9.89 Å². The van der Waals surface area contributed by atoms with Crippen LogP contribution in [0.1, 0.15) is 12.0 Å². The van der Waals surface area contributed by atoms with Gasteiger partial charge in [0.15, 0.2) is 0 Å². The van der Waals surface area contributed by atoms with E-state index in [4.69, 9.17) is 5.73 Å². The minimum absolute atomic E-state index is 0.0797. The van der Waals surface area contributed by atoms with E-state index in [-0.39, 0.29) is 5.91 Å². The van der Waals surface area contributed by atoms with Gasteiger partial charge in [0.05, 0.1) is 5.69 Å². The summed E-state index contributed by atoms with van der Waals surface area (Å²) in [5.41, 5.74) is 9.54. The fraction of sp³-hybridized carbons (Fsp3) is 0.167. The topological polar surface area (TPSA) is 83.8 Å². The summed E-state index contributed by atoms with van der Waals surface area (Å²) >= 11 is 0. The van der Waals surface area contributed by atoms with Gasteiger partial charge >= 0.3 is 0 Å². The Balaban J connectivity index is 2.01. The van der Waals surface area contributed by atoms with Crippen molar-refractivity contribution in [3.63, 3.8) is 0 Å². The maximum atomic E-state index is 11.2. The van der Waals surface area contributed by atoms with E-state index in [1.54, 1.807) is 6.07 Å². The number of aromatic amines is 1. The van der Waals surface area contributed by atoms with Crippen LogP contribution in [0.15, 0.2) is 24.3 Å². The molecule has 2 heterocycles. The highest BCUT2D eigenvalue weighted by Gasteiger charge is 2.15. The minimum atomic E-state index is 0.0797. The summed E-state index contributed by atoms with van der Waals surface area (Å²) in [6, 6.07) is 7.71. The average molecular weight is 228 g/mol. The van der Waals surface area contributed by atoms with Crippen LogP contribution in [0.25, 0.3) is 11.3 Å². The molecular formula is C12H12N4O. The average Bonchev–Trinajstić information content (AvgIpc) is 2.75. The number of fused-ring (bicyclic) bond motifs is 1. The van der Waals surface area contributed by atoms with Gasteiger partial charge in [0.1, 0.15) is 5.82 Å². The number of carbonyl (C=O) groups excluding carboxylic acids is 1. The predicted molar refractivity (Wildman–Crippen MR) is 65.4 cm³/mol. The second-order valence-electron chi connectivity index (χ2n) is 4.13. The molecule has 1 aromatic carbocycles. The lowest BCUT2D eigenvalue weighted by molar-refractivity contribution is -0.116. The molecule has 17 heavy (non-hydrogen) atoms. The van der Waals surface area contributed by atoms with Crippen molar-refractivity contribution in [3.8, 4) is 11.3 Å². The number of hydrogen-bond acceptors (Lipinski definition) is 3. The van der Waals surface area contributed by atoms with Crippen molar-refractivity contribution in [2.45, 2.75) is 12.8 Å². The van der Waals surface area contributed by atoms with Gasteiger partial charge in [-0.25, -0.2) is 0 Å². The molecule has 0 aliphatic carbocycles. The summed E-state index contributed by atoms with van der Waals surface area (Å²) in [4.78, 5) is 11.2. The number of nitrogens with zero attached hydrogens (tertiary/aromatic N) is 1. The molecule has 2 aromatic rings. The number of aromatic nitrogens is 2. The number of amides is 1. The number of anilines is 2. The Morgan fingerprint density at radius 2 is 2.12 bits per heavy atom. The molecule has 0 bridgehead atoms. The van der Waals surface area contributed by atoms with Crippen LogP contribution >= 0.6 is 0 Å². The number of nitrogens with two attached hydrogens (primary N) is 1. The van der Waals surface area contributed by atoms with E-state index in [0.29, 0.717) is 12.2 Å². The Hall–Kier alpha value is -2.30. The summed E-state index contributed by atoms with van der Waals surface area (Å²) in [6.45, 7) is 0. The zero-order valence-electron chi connectivity index (χ0n) is 9.16.